The van der Waals surface area contributed by atoms with Gasteiger partial charge in [0.2, 0.25) is 5.69 Å². The Kier molecular flexibility index (Phi) is 2.85. The van der Waals surface area contributed by atoms with E-state index in [2.05, 4.69) is 9.83 Å². The Morgan fingerprint density at radius 1 is 1.50 bits per heavy atom. The van der Waals surface area contributed by atoms with Crippen LogP contribution in [0, 0.1) is 17.8 Å². The second-order valence-corrected chi connectivity index (χ2v) is 4.47. The molecule has 0 aliphatic carbocycles. The molecule has 0 spiro atoms. The molecule has 0 bridgehead atoms. The van der Waals surface area contributed by atoms with Crippen molar-refractivity contribution in [1.29, 1.82) is 0 Å². The summed E-state index contributed by atoms with van der Waals surface area (Å²) in [6.45, 7) is 12.8. The molecule has 0 aromatic carbocycles. The van der Waals surface area contributed by atoms with Gasteiger partial charge in [-0.3, -0.25) is 4.98 Å². The summed E-state index contributed by atoms with van der Waals surface area (Å²) in [7, 11) is 0. The Hall–Kier alpha value is -1.43. The van der Waals surface area contributed by atoms with Gasteiger partial charge in [0.15, 0.2) is 0 Å². The summed E-state index contributed by atoms with van der Waals surface area (Å²) in [5, 5.41) is 0. The Balaban J connectivity index is 2.97. The van der Waals surface area contributed by atoms with Gasteiger partial charge in [0.25, 0.3) is 0 Å². The number of nitrogens with zero attached hydrogens (tertiary/aromatic N) is 2. The van der Waals surface area contributed by atoms with Crippen LogP contribution in [0.5, 0.6) is 0 Å². The average molecular weight is 192 g/mol. The molecule has 1 aromatic heterocycles. The molecule has 0 radical (unpaired) electrons. The molecule has 74 valence electrons. The summed E-state index contributed by atoms with van der Waals surface area (Å²) < 4.78 is 13.4. The van der Waals surface area contributed by atoms with E-state index >= 15 is 0 Å². The molecule has 0 fully saturated rings. The maximum Gasteiger partial charge on any atom is 0.207 e. The van der Waals surface area contributed by atoms with Crippen LogP contribution in [0.3, 0.4) is 0 Å². The van der Waals surface area contributed by atoms with Crippen molar-refractivity contribution in [3.05, 3.63) is 35.2 Å². The number of hydrogen-bond donors (Lipinski definition) is 0. The van der Waals surface area contributed by atoms with Gasteiger partial charge in [0.05, 0.1) is 12.3 Å². The molecule has 0 unspecified atom stereocenters. The highest BCUT2D eigenvalue weighted by Gasteiger charge is 2.15. The van der Waals surface area contributed by atoms with Gasteiger partial charge in [-0.2, -0.15) is 0 Å². The number of rotatable bonds is 1. The topological polar surface area (TPSA) is 17.2 Å². The Morgan fingerprint density at radius 2 is 2.14 bits per heavy atom. The van der Waals surface area contributed by atoms with Crippen molar-refractivity contribution in [2.24, 2.45) is 5.41 Å². The molecule has 0 saturated carbocycles. The van der Waals surface area contributed by atoms with Crippen molar-refractivity contribution in [1.82, 2.24) is 4.98 Å². The summed E-state index contributed by atoms with van der Waals surface area (Å²) in [4.78, 5) is 7.06. The van der Waals surface area contributed by atoms with E-state index in [-0.39, 0.29) is 16.9 Å². The fraction of sp³-hybridized carbons (Fsp3) is 0.455. The maximum atomic E-state index is 13.4. The van der Waals surface area contributed by atoms with Crippen LogP contribution < -0.4 is 0 Å². The fourth-order valence-corrected chi connectivity index (χ4v) is 1.15. The normalized spacial score (nSPS) is 11.1. The molecule has 0 saturated heterocycles. The average Bonchev–Trinajstić information content (AvgIpc) is 2.06. The SMILES string of the molecule is [C-]#[N+]c1cnc(CC(C)(C)C)c(F)c1. The monoisotopic (exact) mass is 192 g/mol. The van der Waals surface area contributed by atoms with Gasteiger partial charge in [0, 0.05) is 6.20 Å². The van der Waals surface area contributed by atoms with E-state index in [1.165, 1.54) is 12.3 Å². The van der Waals surface area contributed by atoms with E-state index in [1.54, 1.807) is 0 Å². The first-order valence-electron chi connectivity index (χ1n) is 4.44. The standard InChI is InChI=1S/C11H13FN2/c1-11(2,3)6-10-9(12)5-8(13-4)7-14-10/h5,7H,6H2,1-3H3. The van der Waals surface area contributed by atoms with Gasteiger partial charge in [-0.05, 0) is 17.9 Å². The van der Waals surface area contributed by atoms with E-state index in [0.29, 0.717) is 12.1 Å². The highest BCUT2D eigenvalue weighted by Crippen LogP contribution is 2.22. The van der Waals surface area contributed by atoms with Crippen LogP contribution in [0.4, 0.5) is 10.1 Å². The molecule has 3 heteroatoms. The molecule has 1 aromatic rings. The van der Waals surface area contributed by atoms with Gasteiger partial charge in [0.1, 0.15) is 5.82 Å². The number of halogens is 1. The van der Waals surface area contributed by atoms with Crippen LogP contribution in [0.15, 0.2) is 12.3 Å². The smallest absolute Gasteiger partial charge is 0.207 e. The zero-order chi connectivity index (χ0) is 10.8. The predicted molar refractivity (Wildman–Crippen MR) is 53.6 cm³/mol. The molecular formula is C11H13FN2. The molecule has 0 amide bonds. The maximum absolute atomic E-state index is 13.4. The summed E-state index contributed by atoms with van der Waals surface area (Å²) in [6.07, 6.45) is 1.99. The van der Waals surface area contributed by atoms with E-state index in [4.69, 9.17) is 6.57 Å². The molecule has 0 N–H and O–H groups in total. The first-order valence-corrected chi connectivity index (χ1v) is 4.44. The van der Waals surface area contributed by atoms with E-state index in [1.807, 2.05) is 20.8 Å². The van der Waals surface area contributed by atoms with Gasteiger partial charge in [-0.1, -0.05) is 20.8 Å². The van der Waals surface area contributed by atoms with Crippen molar-refractivity contribution in [2.45, 2.75) is 27.2 Å². The van der Waals surface area contributed by atoms with Crippen molar-refractivity contribution in [2.75, 3.05) is 0 Å². The lowest BCUT2D eigenvalue weighted by atomic mass is 9.90. The van der Waals surface area contributed by atoms with Crippen molar-refractivity contribution < 1.29 is 4.39 Å². The summed E-state index contributed by atoms with van der Waals surface area (Å²) in [5.41, 5.74) is 0.693. The molecule has 14 heavy (non-hydrogen) atoms. The fourth-order valence-electron chi connectivity index (χ4n) is 1.15. The second-order valence-electron chi connectivity index (χ2n) is 4.47. The zero-order valence-electron chi connectivity index (χ0n) is 8.63. The second kappa shape index (κ2) is 3.75. The summed E-state index contributed by atoms with van der Waals surface area (Å²) in [5.74, 6) is -0.381. The van der Waals surface area contributed by atoms with E-state index in [9.17, 15) is 4.39 Å². The van der Waals surface area contributed by atoms with Gasteiger partial charge < -0.3 is 0 Å². The minimum atomic E-state index is -0.381. The summed E-state index contributed by atoms with van der Waals surface area (Å²) in [6, 6.07) is 1.24. The lowest BCUT2D eigenvalue weighted by Crippen LogP contribution is -2.11. The third kappa shape index (κ3) is 2.81. The number of pyridine rings is 1. The molecule has 2 nitrogen and oxygen atoms in total. The number of aromatic nitrogens is 1. The van der Waals surface area contributed by atoms with Crippen molar-refractivity contribution >= 4 is 5.69 Å². The van der Waals surface area contributed by atoms with Crippen LogP contribution in [0.2, 0.25) is 0 Å². The largest absolute Gasteiger partial charge is 0.270 e. The van der Waals surface area contributed by atoms with E-state index < -0.39 is 0 Å². The van der Waals surface area contributed by atoms with Gasteiger partial charge >= 0.3 is 0 Å². The van der Waals surface area contributed by atoms with Crippen molar-refractivity contribution in [3.63, 3.8) is 0 Å². The van der Waals surface area contributed by atoms with E-state index in [0.717, 1.165) is 0 Å². The van der Waals surface area contributed by atoms with Crippen LogP contribution >= 0.6 is 0 Å². The molecular weight excluding hydrogens is 179 g/mol. The third-order valence-electron chi connectivity index (χ3n) is 1.73. The third-order valence-corrected chi connectivity index (χ3v) is 1.73. The predicted octanol–water partition coefficient (Wildman–Crippen LogP) is 3.36. The molecule has 1 heterocycles. The zero-order valence-corrected chi connectivity index (χ0v) is 8.63. The first kappa shape index (κ1) is 10.6. The Bertz CT molecular complexity index is 372. The minimum absolute atomic E-state index is 0.00740. The van der Waals surface area contributed by atoms with Crippen LogP contribution in [0.1, 0.15) is 26.5 Å². The van der Waals surface area contributed by atoms with Crippen LogP contribution in [-0.4, -0.2) is 4.98 Å². The minimum Gasteiger partial charge on any atom is -0.270 e. The highest BCUT2D eigenvalue weighted by atomic mass is 19.1. The van der Waals surface area contributed by atoms with Crippen molar-refractivity contribution in [3.8, 4) is 0 Å². The molecule has 0 aliphatic heterocycles. The molecule has 1 rings (SSSR count). The lowest BCUT2D eigenvalue weighted by molar-refractivity contribution is 0.396. The van der Waals surface area contributed by atoms with Gasteiger partial charge in [-0.15, -0.1) is 0 Å². The Labute approximate surface area is 83.6 Å². The molecule has 0 aliphatic rings. The molecule has 0 atom stereocenters. The van der Waals surface area contributed by atoms with Crippen LogP contribution in [-0.2, 0) is 6.42 Å². The lowest BCUT2D eigenvalue weighted by Gasteiger charge is -2.17. The summed E-state index contributed by atoms with van der Waals surface area (Å²) >= 11 is 0. The van der Waals surface area contributed by atoms with Crippen LogP contribution in [0.25, 0.3) is 4.85 Å². The quantitative estimate of drug-likeness (QED) is 0.623. The Morgan fingerprint density at radius 3 is 2.57 bits per heavy atom. The highest BCUT2D eigenvalue weighted by molar-refractivity contribution is 5.42. The first-order chi connectivity index (χ1) is 6.42. The van der Waals surface area contributed by atoms with Gasteiger partial charge in [-0.25, -0.2) is 9.24 Å². The number of hydrogen-bond acceptors (Lipinski definition) is 1.